The molecule has 2 aromatic heterocycles. The lowest BCUT2D eigenvalue weighted by atomic mass is 10.2. The monoisotopic (exact) mass is 382 g/mol. The molecule has 0 aliphatic carbocycles. The number of hydrogen-bond acceptors (Lipinski definition) is 4. The lowest BCUT2D eigenvalue weighted by Crippen LogP contribution is -2.12. The van der Waals surface area contributed by atoms with E-state index in [4.69, 9.17) is 0 Å². The van der Waals surface area contributed by atoms with Crippen molar-refractivity contribution < 1.29 is 4.79 Å². The first kappa shape index (κ1) is 16.1. The fraction of sp³-hybridized carbons (Fsp3) is 0.0556. The summed E-state index contributed by atoms with van der Waals surface area (Å²) in [5.74, 6) is 0.520. The van der Waals surface area contributed by atoms with E-state index in [0.717, 1.165) is 15.7 Å². The first-order valence-corrected chi connectivity index (χ1v) is 8.16. The van der Waals surface area contributed by atoms with Gasteiger partial charge in [0.25, 0.3) is 5.91 Å². The number of hydrogen-bond donors (Lipinski definition) is 2. The van der Waals surface area contributed by atoms with E-state index in [-0.39, 0.29) is 5.91 Å². The Hall–Kier alpha value is -2.73. The quantitative estimate of drug-likeness (QED) is 0.696. The zero-order chi connectivity index (χ0) is 16.8. The van der Waals surface area contributed by atoms with Crippen LogP contribution in [0, 0.1) is 0 Å². The van der Waals surface area contributed by atoms with Gasteiger partial charge in [0.2, 0.25) is 0 Å². The van der Waals surface area contributed by atoms with Gasteiger partial charge in [-0.25, -0.2) is 4.98 Å². The minimum Gasteiger partial charge on any atom is -0.366 e. The van der Waals surface area contributed by atoms with Gasteiger partial charge in [-0.3, -0.25) is 9.78 Å². The number of anilines is 2. The molecule has 0 saturated carbocycles. The van der Waals surface area contributed by atoms with E-state index >= 15 is 0 Å². The Labute approximate surface area is 148 Å². The third kappa shape index (κ3) is 4.39. The molecule has 0 spiro atoms. The maximum absolute atomic E-state index is 12.2. The zero-order valence-corrected chi connectivity index (χ0v) is 14.3. The number of nitrogens with one attached hydrogen (secondary N) is 2. The van der Waals surface area contributed by atoms with Crippen molar-refractivity contribution in [2.75, 3.05) is 10.6 Å². The van der Waals surface area contributed by atoms with Crippen LogP contribution in [0.25, 0.3) is 0 Å². The Kier molecular flexibility index (Phi) is 5.18. The molecular weight excluding hydrogens is 368 g/mol. The Morgan fingerprint density at radius 2 is 1.92 bits per heavy atom. The van der Waals surface area contributed by atoms with Gasteiger partial charge in [0, 0.05) is 35.3 Å². The predicted octanol–water partition coefficient (Wildman–Crippen LogP) is 4.10. The molecule has 1 aromatic carbocycles. The summed E-state index contributed by atoms with van der Waals surface area (Å²) in [7, 11) is 0. The molecule has 0 aliphatic rings. The topological polar surface area (TPSA) is 66.9 Å². The Bertz CT molecular complexity index is 822. The van der Waals surface area contributed by atoms with Gasteiger partial charge in [-0.1, -0.05) is 22.0 Å². The summed E-state index contributed by atoms with van der Waals surface area (Å²) in [6.07, 6.45) is 5.06. The standard InChI is InChI=1S/C18H15BrN4O/c19-15-2-1-3-16(10-15)23-18(24)14-4-5-17(22-12-14)21-11-13-6-8-20-9-7-13/h1-10,12H,11H2,(H,21,22)(H,23,24). The summed E-state index contributed by atoms with van der Waals surface area (Å²) in [5.41, 5.74) is 2.35. The van der Waals surface area contributed by atoms with Crippen LogP contribution < -0.4 is 10.6 Å². The highest BCUT2D eigenvalue weighted by molar-refractivity contribution is 9.10. The van der Waals surface area contributed by atoms with Crippen LogP contribution in [0.2, 0.25) is 0 Å². The molecule has 6 heteroatoms. The first-order chi connectivity index (χ1) is 11.7. The van der Waals surface area contributed by atoms with Gasteiger partial charge in [-0.2, -0.15) is 0 Å². The van der Waals surface area contributed by atoms with Crippen molar-refractivity contribution in [1.82, 2.24) is 9.97 Å². The number of halogens is 1. The van der Waals surface area contributed by atoms with E-state index in [1.54, 1.807) is 30.7 Å². The highest BCUT2D eigenvalue weighted by atomic mass is 79.9. The molecule has 2 N–H and O–H groups in total. The number of benzene rings is 1. The average molecular weight is 383 g/mol. The number of nitrogens with zero attached hydrogens (tertiary/aromatic N) is 2. The Morgan fingerprint density at radius 3 is 2.62 bits per heavy atom. The summed E-state index contributed by atoms with van der Waals surface area (Å²) in [6.45, 7) is 0.652. The lowest BCUT2D eigenvalue weighted by molar-refractivity contribution is 0.102. The molecule has 1 amide bonds. The highest BCUT2D eigenvalue weighted by Crippen LogP contribution is 2.16. The van der Waals surface area contributed by atoms with Gasteiger partial charge in [-0.15, -0.1) is 0 Å². The van der Waals surface area contributed by atoms with Crippen molar-refractivity contribution in [3.63, 3.8) is 0 Å². The first-order valence-electron chi connectivity index (χ1n) is 7.36. The summed E-state index contributed by atoms with van der Waals surface area (Å²) in [5, 5.41) is 6.05. The van der Waals surface area contributed by atoms with Crippen LogP contribution >= 0.6 is 15.9 Å². The minimum absolute atomic E-state index is 0.193. The molecule has 2 heterocycles. The van der Waals surface area contributed by atoms with Crippen molar-refractivity contribution in [3.8, 4) is 0 Å². The van der Waals surface area contributed by atoms with Gasteiger partial charge in [0.15, 0.2) is 0 Å². The van der Waals surface area contributed by atoms with E-state index in [9.17, 15) is 4.79 Å². The molecule has 120 valence electrons. The highest BCUT2D eigenvalue weighted by Gasteiger charge is 2.07. The number of carbonyl (C=O) groups is 1. The lowest BCUT2D eigenvalue weighted by Gasteiger charge is -2.08. The molecular formula is C18H15BrN4O. The third-order valence-electron chi connectivity index (χ3n) is 3.33. The number of carbonyl (C=O) groups excluding carboxylic acids is 1. The molecule has 3 aromatic rings. The summed E-state index contributed by atoms with van der Waals surface area (Å²) in [6, 6.07) is 14.9. The minimum atomic E-state index is -0.193. The fourth-order valence-electron chi connectivity index (χ4n) is 2.10. The summed E-state index contributed by atoms with van der Waals surface area (Å²) in [4.78, 5) is 20.5. The molecule has 0 atom stereocenters. The second-order valence-corrected chi connectivity index (χ2v) is 6.02. The number of aromatic nitrogens is 2. The molecule has 0 fully saturated rings. The number of rotatable bonds is 5. The molecule has 0 unspecified atom stereocenters. The number of pyridine rings is 2. The second-order valence-electron chi connectivity index (χ2n) is 5.11. The fourth-order valence-corrected chi connectivity index (χ4v) is 2.49. The van der Waals surface area contributed by atoms with Crippen LogP contribution in [0.1, 0.15) is 15.9 Å². The third-order valence-corrected chi connectivity index (χ3v) is 3.82. The van der Waals surface area contributed by atoms with E-state index in [2.05, 4.69) is 36.5 Å². The molecule has 24 heavy (non-hydrogen) atoms. The van der Waals surface area contributed by atoms with E-state index < -0.39 is 0 Å². The van der Waals surface area contributed by atoms with Gasteiger partial charge in [-0.05, 0) is 48.0 Å². The second kappa shape index (κ2) is 7.70. The van der Waals surface area contributed by atoms with Crippen LogP contribution in [0.5, 0.6) is 0 Å². The number of amides is 1. The van der Waals surface area contributed by atoms with Gasteiger partial charge in [0.1, 0.15) is 5.82 Å². The van der Waals surface area contributed by atoms with E-state index in [1.807, 2.05) is 36.4 Å². The smallest absolute Gasteiger partial charge is 0.257 e. The zero-order valence-electron chi connectivity index (χ0n) is 12.7. The van der Waals surface area contributed by atoms with Crippen LogP contribution in [0.15, 0.2) is 71.6 Å². The van der Waals surface area contributed by atoms with Crippen molar-refractivity contribution >= 4 is 33.3 Å². The van der Waals surface area contributed by atoms with Gasteiger partial charge < -0.3 is 10.6 Å². The van der Waals surface area contributed by atoms with E-state index in [1.165, 1.54) is 0 Å². The summed E-state index contributed by atoms with van der Waals surface area (Å²) < 4.78 is 0.911. The Morgan fingerprint density at radius 1 is 1.08 bits per heavy atom. The molecule has 5 nitrogen and oxygen atoms in total. The predicted molar refractivity (Wildman–Crippen MR) is 97.9 cm³/mol. The molecule has 0 radical (unpaired) electrons. The molecule has 0 aliphatic heterocycles. The van der Waals surface area contributed by atoms with Crippen molar-refractivity contribution in [2.24, 2.45) is 0 Å². The van der Waals surface area contributed by atoms with Crippen molar-refractivity contribution in [2.45, 2.75) is 6.54 Å². The summed E-state index contributed by atoms with van der Waals surface area (Å²) >= 11 is 3.38. The van der Waals surface area contributed by atoms with Gasteiger partial charge in [0.05, 0.1) is 5.56 Å². The molecule has 3 rings (SSSR count). The maximum atomic E-state index is 12.2. The van der Waals surface area contributed by atoms with Crippen LogP contribution in [-0.4, -0.2) is 15.9 Å². The van der Waals surface area contributed by atoms with Crippen LogP contribution in [0.3, 0.4) is 0 Å². The van der Waals surface area contributed by atoms with Crippen molar-refractivity contribution in [1.29, 1.82) is 0 Å². The molecule has 0 bridgehead atoms. The largest absolute Gasteiger partial charge is 0.366 e. The van der Waals surface area contributed by atoms with Crippen molar-refractivity contribution in [3.05, 3.63) is 82.7 Å². The van der Waals surface area contributed by atoms with Crippen LogP contribution in [-0.2, 0) is 6.54 Å². The van der Waals surface area contributed by atoms with Gasteiger partial charge >= 0.3 is 0 Å². The Balaban J connectivity index is 1.60. The average Bonchev–Trinajstić information content (AvgIpc) is 2.61. The van der Waals surface area contributed by atoms with E-state index in [0.29, 0.717) is 17.9 Å². The maximum Gasteiger partial charge on any atom is 0.257 e. The van der Waals surface area contributed by atoms with Crippen LogP contribution in [0.4, 0.5) is 11.5 Å². The SMILES string of the molecule is O=C(Nc1cccc(Br)c1)c1ccc(NCc2ccncc2)nc1. The normalized spacial score (nSPS) is 10.2. The molecule has 0 saturated heterocycles.